The van der Waals surface area contributed by atoms with Crippen molar-refractivity contribution in [3.8, 4) is 0 Å². The Morgan fingerprint density at radius 3 is 1.62 bits per heavy atom. The van der Waals surface area contributed by atoms with E-state index in [1.54, 1.807) is 13.8 Å². The van der Waals surface area contributed by atoms with Crippen LogP contribution in [0.15, 0.2) is 59.7 Å². The number of hydrogen-bond acceptors (Lipinski definition) is 6. The van der Waals surface area contributed by atoms with Crippen molar-refractivity contribution in [1.82, 2.24) is 0 Å². The molecular formula is C29H23BrF2N2O6. The van der Waals surface area contributed by atoms with Crippen molar-refractivity contribution in [1.29, 1.82) is 0 Å². The van der Waals surface area contributed by atoms with Crippen molar-refractivity contribution in [2.45, 2.75) is 25.1 Å². The van der Waals surface area contributed by atoms with Gasteiger partial charge < -0.3 is 4.74 Å². The first-order chi connectivity index (χ1) is 18.9. The van der Waals surface area contributed by atoms with Gasteiger partial charge in [0.1, 0.15) is 11.6 Å². The van der Waals surface area contributed by atoms with Crippen LogP contribution in [0, 0.1) is 40.7 Å². The number of imide groups is 2. The van der Waals surface area contributed by atoms with Gasteiger partial charge in [-0.1, -0.05) is 47.1 Å². The fourth-order valence-corrected chi connectivity index (χ4v) is 8.59. The molecule has 5 aliphatic rings. The van der Waals surface area contributed by atoms with E-state index in [0.717, 1.165) is 21.9 Å². The maximum atomic E-state index is 14.9. The van der Waals surface area contributed by atoms with Gasteiger partial charge in [-0.05, 0) is 43.7 Å². The first-order valence-corrected chi connectivity index (χ1v) is 13.6. The van der Waals surface area contributed by atoms with E-state index in [0.29, 0.717) is 0 Å². The normalized spacial score (nSPS) is 32.6. The second kappa shape index (κ2) is 8.63. The number of esters is 1. The van der Waals surface area contributed by atoms with Gasteiger partial charge in [-0.15, -0.1) is 0 Å². The molecule has 4 amide bonds. The fraction of sp³-hybridized carbons (Fsp3) is 0.345. The number of halogens is 3. The van der Waals surface area contributed by atoms with Crippen molar-refractivity contribution in [2.75, 3.05) is 16.4 Å². The molecule has 0 radical (unpaired) electrons. The monoisotopic (exact) mass is 612 g/mol. The molecule has 2 aromatic rings. The molecule has 2 aromatic carbocycles. The molecular weight excluding hydrogens is 590 g/mol. The van der Waals surface area contributed by atoms with Crippen LogP contribution < -0.4 is 9.80 Å². The highest BCUT2D eigenvalue weighted by Crippen LogP contribution is 2.72. The quantitative estimate of drug-likeness (QED) is 0.295. The average molecular weight is 613 g/mol. The van der Waals surface area contributed by atoms with Crippen molar-refractivity contribution >= 4 is 56.9 Å². The van der Waals surface area contributed by atoms with E-state index in [2.05, 4.69) is 15.9 Å². The summed E-state index contributed by atoms with van der Waals surface area (Å²) in [5.41, 5.74) is -1.97. The molecule has 1 saturated carbocycles. The summed E-state index contributed by atoms with van der Waals surface area (Å²) in [6.07, 6.45) is 0. The maximum Gasteiger partial charge on any atom is 0.334 e. The number of amides is 4. The lowest BCUT2D eigenvalue weighted by atomic mass is 9.43. The van der Waals surface area contributed by atoms with Gasteiger partial charge in [0.2, 0.25) is 23.6 Å². The molecule has 206 valence electrons. The topological polar surface area (TPSA) is 101 Å². The number of carbonyl (C=O) groups excluding carboxylic acids is 5. The molecule has 0 N–H and O–H groups in total. The van der Waals surface area contributed by atoms with E-state index in [1.165, 1.54) is 43.3 Å². The SMILES string of the molecule is CCOC(=O)C1=C(C)C2(Br)[C@@H]3C(=O)N(c4ccccc4F)C(=O)[C@@H]3C1(C)[C@H]1C(=O)N(c3ccccc3F)C(=O)[C@H]12. The highest BCUT2D eigenvalue weighted by Gasteiger charge is 2.81. The standard InChI is InChI=1S/C29H23BrF2N2O6/c1-4-40-27(39)18-13(2)29(30)21-19(23(35)33(25(21)37)16-11-7-5-9-14(16)31)28(18,3)20-22(29)26(38)34(24(20)36)17-12-8-6-10-15(17)32/h5-12,19-22H,4H2,1-3H3/t19-,20-,21+,22+,28?,29?/m1/s1. The van der Waals surface area contributed by atoms with Gasteiger partial charge in [-0.25, -0.2) is 23.4 Å². The van der Waals surface area contributed by atoms with Crippen LogP contribution in [0.4, 0.5) is 20.2 Å². The molecule has 2 saturated heterocycles. The first-order valence-electron chi connectivity index (χ1n) is 12.8. The third-order valence-corrected chi connectivity index (χ3v) is 10.5. The van der Waals surface area contributed by atoms with Gasteiger partial charge >= 0.3 is 5.97 Å². The van der Waals surface area contributed by atoms with E-state index in [-0.39, 0.29) is 29.1 Å². The van der Waals surface area contributed by atoms with Gasteiger partial charge in [0.15, 0.2) is 0 Å². The van der Waals surface area contributed by atoms with Crippen LogP contribution in [-0.4, -0.2) is 40.5 Å². The zero-order valence-corrected chi connectivity index (χ0v) is 23.2. The molecule has 4 atom stereocenters. The third kappa shape index (κ3) is 2.96. The van der Waals surface area contributed by atoms with Gasteiger partial charge in [0.25, 0.3) is 0 Å². The predicted molar refractivity (Wildman–Crippen MR) is 141 cm³/mol. The lowest BCUT2D eigenvalue weighted by Gasteiger charge is -2.59. The Morgan fingerprint density at radius 2 is 1.23 bits per heavy atom. The molecule has 0 unspecified atom stereocenters. The number of anilines is 2. The van der Waals surface area contributed by atoms with Crippen LogP contribution in [0.5, 0.6) is 0 Å². The molecule has 40 heavy (non-hydrogen) atoms. The summed E-state index contributed by atoms with van der Waals surface area (Å²) in [6.45, 7) is 4.64. The summed E-state index contributed by atoms with van der Waals surface area (Å²) in [5, 5.41) is 0. The van der Waals surface area contributed by atoms with Crippen molar-refractivity contribution in [3.63, 3.8) is 0 Å². The Kier molecular flexibility index (Phi) is 5.72. The second-order valence-electron chi connectivity index (χ2n) is 10.6. The van der Waals surface area contributed by atoms with E-state index in [9.17, 15) is 32.8 Å². The molecule has 3 fully saturated rings. The minimum absolute atomic E-state index is 0.00166. The number of alkyl halides is 1. The summed E-state index contributed by atoms with van der Waals surface area (Å²) in [6, 6.07) is 10.6. The van der Waals surface area contributed by atoms with E-state index in [4.69, 9.17) is 4.74 Å². The smallest absolute Gasteiger partial charge is 0.334 e. The molecule has 0 aromatic heterocycles. The number of allylic oxidation sites excluding steroid dienone is 1. The van der Waals surface area contributed by atoms with Crippen LogP contribution in [0.2, 0.25) is 0 Å². The number of benzene rings is 2. The van der Waals surface area contributed by atoms with E-state index < -0.39 is 74.6 Å². The van der Waals surface area contributed by atoms with Gasteiger partial charge in [0, 0.05) is 11.0 Å². The fourth-order valence-electron chi connectivity index (χ4n) is 7.47. The molecule has 0 spiro atoms. The van der Waals surface area contributed by atoms with Gasteiger partial charge in [-0.2, -0.15) is 0 Å². The molecule has 11 heteroatoms. The molecule has 2 aliphatic heterocycles. The Balaban J connectivity index is 1.61. The summed E-state index contributed by atoms with van der Waals surface area (Å²) in [5.74, 6) is -10.7. The summed E-state index contributed by atoms with van der Waals surface area (Å²) < 4.78 is 33.4. The lowest BCUT2D eigenvalue weighted by Crippen LogP contribution is -2.67. The number of rotatable bonds is 4. The highest BCUT2D eigenvalue weighted by atomic mass is 79.9. The predicted octanol–water partition coefficient (Wildman–Crippen LogP) is 3.92. The number of hydrogen-bond donors (Lipinski definition) is 0. The lowest BCUT2D eigenvalue weighted by molar-refractivity contribution is -0.152. The summed E-state index contributed by atoms with van der Waals surface area (Å²) >= 11 is 3.62. The van der Waals surface area contributed by atoms with Crippen LogP contribution >= 0.6 is 15.9 Å². The molecule has 2 heterocycles. The van der Waals surface area contributed by atoms with Crippen LogP contribution in [0.3, 0.4) is 0 Å². The largest absolute Gasteiger partial charge is 0.463 e. The third-order valence-electron chi connectivity index (χ3n) is 8.96. The first kappa shape index (κ1) is 26.5. The Labute approximate surface area is 236 Å². The average Bonchev–Trinajstić information content (AvgIpc) is 3.34. The molecule has 8 nitrogen and oxygen atoms in total. The van der Waals surface area contributed by atoms with Crippen molar-refractivity contribution in [2.24, 2.45) is 29.1 Å². The molecule has 3 aliphatic carbocycles. The minimum Gasteiger partial charge on any atom is -0.463 e. The number of ether oxygens (including phenoxy) is 1. The highest BCUT2D eigenvalue weighted by molar-refractivity contribution is 9.10. The van der Waals surface area contributed by atoms with E-state index >= 15 is 0 Å². The molecule has 7 rings (SSSR count). The van der Waals surface area contributed by atoms with Gasteiger partial charge in [0.05, 0.1) is 46.0 Å². The Hall–Kier alpha value is -3.73. The minimum atomic E-state index is -1.71. The van der Waals surface area contributed by atoms with Crippen LogP contribution in [0.1, 0.15) is 20.8 Å². The van der Waals surface area contributed by atoms with Crippen LogP contribution in [0.25, 0.3) is 0 Å². The van der Waals surface area contributed by atoms with Crippen LogP contribution in [-0.2, 0) is 28.7 Å². The Bertz CT molecular complexity index is 1500. The maximum absolute atomic E-state index is 14.9. The van der Waals surface area contributed by atoms with Gasteiger partial charge in [-0.3, -0.25) is 19.2 Å². The van der Waals surface area contributed by atoms with E-state index in [1.807, 2.05) is 0 Å². The van der Waals surface area contributed by atoms with Crippen molar-refractivity contribution < 1.29 is 37.5 Å². The number of para-hydroxylation sites is 2. The summed E-state index contributed by atoms with van der Waals surface area (Å²) in [7, 11) is 0. The summed E-state index contributed by atoms with van der Waals surface area (Å²) in [4.78, 5) is 71.3. The molecule has 2 bridgehead atoms. The zero-order chi connectivity index (χ0) is 28.9. The second-order valence-corrected chi connectivity index (χ2v) is 11.9. The number of nitrogens with zero attached hydrogens (tertiary/aromatic N) is 2. The van der Waals surface area contributed by atoms with Crippen molar-refractivity contribution in [3.05, 3.63) is 71.3 Å². The number of carbonyl (C=O) groups is 5. The zero-order valence-electron chi connectivity index (χ0n) is 21.6. The Morgan fingerprint density at radius 1 is 0.825 bits per heavy atom.